The molecule has 8 heteroatoms. The third-order valence-corrected chi connectivity index (χ3v) is 7.57. The van der Waals surface area contributed by atoms with Gasteiger partial charge in [0.1, 0.15) is 5.75 Å². The van der Waals surface area contributed by atoms with Crippen molar-refractivity contribution in [1.82, 2.24) is 4.98 Å². The maximum absolute atomic E-state index is 13.2. The fraction of sp³-hybridized carbons (Fsp3) is 0.217. The molecule has 0 amide bonds. The van der Waals surface area contributed by atoms with Gasteiger partial charge in [-0.05, 0) is 78.9 Å². The molecule has 0 spiro atoms. The van der Waals surface area contributed by atoms with Crippen molar-refractivity contribution in [3.05, 3.63) is 72.6 Å². The zero-order valence-corrected chi connectivity index (χ0v) is 18.2. The number of nitrogens with zero attached hydrogens (tertiary/aromatic N) is 1. The van der Waals surface area contributed by atoms with Crippen molar-refractivity contribution in [3.63, 3.8) is 0 Å². The van der Waals surface area contributed by atoms with Crippen LogP contribution >= 0.6 is 11.8 Å². The van der Waals surface area contributed by atoms with E-state index in [1.165, 1.54) is 23.9 Å². The normalized spacial score (nSPS) is 13.7. The Kier molecular flexibility index (Phi) is 6.29. The summed E-state index contributed by atoms with van der Waals surface area (Å²) in [5.74, 6) is -0.150. The van der Waals surface area contributed by atoms with E-state index in [0.29, 0.717) is 23.8 Å². The molecule has 0 radical (unpaired) electrons. The third-order valence-electron chi connectivity index (χ3n) is 4.81. The molecular weight excluding hydrogens is 434 g/mol. The minimum Gasteiger partial charge on any atom is -0.493 e. The first-order valence-corrected chi connectivity index (χ1v) is 12.1. The highest BCUT2D eigenvalue weighted by Gasteiger charge is 2.24. The number of hydrogen-bond acceptors (Lipinski definition) is 6. The van der Waals surface area contributed by atoms with Gasteiger partial charge in [0.2, 0.25) is 9.84 Å². The molecular formula is C23H21NO5S2. The van der Waals surface area contributed by atoms with E-state index in [0.717, 1.165) is 22.6 Å². The van der Waals surface area contributed by atoms with Gasteiger partial charge in [-0.25, -0.2) is 8.42 Å². The molecule has 0 atom stereocenters. The molecule has 1 heterocycles. The summed E-state index contributed by atoms with van der Waals surface area (Å²) in [7, 11) is -3.82. The number of pyridine rings is 1. The maximum Gasteiger partial charge on any atom is 0.307 e. The topological polar surface area (TPSA) is 93.6 Å². The second kappa shape index (κ2) is 9.11. The Morgan fingerprint density at radius 3 is 2.32 bits per heavy atom. The molecule has 1 N–H and O–H groups in total. The van der Waals surface area contributed by atoms with Gasteiger partial charge in [-0.3, -0.25) is 9.78 Å². The van der Waals surface area contributed by atoms with Crippen LogP contribution in [-0.2, 0) is 21.1 Å². The first-order valence-electron chi connectivity index (χ1n) is 9.82. The highest BCUT2D eigenvalue weighted by atomic mass is 32.2. The minimum atomic E-state index is -3.82. The Balaban J connectivity index is 1.60. The number of aliphatic carboxylic acids is 1. The maximum atomic E-state index is 13.2. The Labute approximate surface area is 185 Å². The summed E-state index contributed by atoms with van der Waals surface area (Å²) >= 11 is 1.51. The zero-order valence-electron chi connectivity index (χ0n) is 16.6. The van der Waals surface area contributed by atoms with Gasteiger partial charge in [-0.2, -0.15) is 0 Å². The van der Waals surface area contributed by atoms with Crippen molar-refractivity contribution in [2.75, 3.05) is 6.61 Å². The van der Waals surface area contributed by atoms with Crippen LogP contribution in [0.4, 0.5) is 0 Å². The number of ether oxygens (including phenoxy) is 1. The summed E-state index contributed by atoms with van der Waals surface area (Å²) in [5, 5.41) is 9.15. The summed E-state index contributed by atoms with van der Waals surface area (Å²) in [6.07, 6.45) is 5.33. The average molecular weight is 456 g/mol. The van der Waals surface area contributed by atoms with Crippen LogP contribution in [0.3, 0.4) is 0 Å². The summed E-state index contributed by atoms with van der Waals surface area (Å²) in [6, 6.07) is 14.9. The van der Waals surface area contributed by atoms with Crippen LogP contribution in [0.1, 0.15) is 18.4 Å². The van der Waals surface area contributed by atoms with E-state index >= 15 is 0 Å². The number of aromatic nitrogens is 1. The summed E-state index contributed by atoms with van der Waals surface area (Å²) in [5.41, 5.74) is 0.393. The fourth-order valence-electron chi connectivity index (χ4n) is 3.01. The number of rotatable bonds is 9. The van der Waals surface area contributed by atoms with E-state index in [-0.39, 0.29) is 16.2 Å². The number of sulfone groups is 1. The SMILES string of the molecule is O=C(O)Cc1cc(OCC2CC2)cc(S(=O)(=O)c2ccc(Sc3ccncc3)cc2)c1. The van der Waals surface area contributed by atoms with Gasteiger partial charge in [-0.15, -0.1) is 0 Å². The van der Waals surface area contributed by atoms with Crippen LogP contribution in [-0.4, -0.2) is 31.1 Å². The lowest BCUT2D eigenvalue weighted by Gasteiger charge is -2.12. The molecule has 31 heavy (non-hydrogen) atoms. The lowest BCUT2D eigenvalue weighted by Crippen LogP contribution is -2.07. The number of hydrogen-bond donors (Lipinski definition) is 1. The molecule has 2 aromatic carbocycles. The van der Waals surface area contributed by atoms with Crippen molar-refractivity contribution in [2.45, 2.75) is 38.8 Å². The molecule has 4 rings (SSSR count). The second-order valence-corrected chi connectivity index (χ2v) is 10.5. The lowest BCUT2D eigenvalue weighted by molar-refractivity contribution is -0.136. The molecule has 0 unspecified atom stereocenters. The van der Waals surface area contributed by atoms with Crippen molar-refractivity contribution < 1.29 is 23.1 Å². The smallest absolute Gasteiger partial charge is 0.307 e. The van der Waals surface area contributed by atoms with E-state index in [9.17, 15) is 13.2 Å². The number of carbonyl (C=O) groups is 1. The Bertz CT molecular complexity index is 1170. The largest absolute Gasteiger partial charge is 0.493 e. The highest BCUT2D eigenvalue weighted by molar-refractivity contribution is 7.99. The van der Waals surface area contributed by atoms with Crippen LogP contribution in [0, 0.1) is 5.92 Å². The predicted molar refractivity (Wildman–Crippen MR) is 116 cm³/mol. The monoisotopic (exact) mass is 455 g/mol. The number of carboxylic acids is 1. The molecule has 0 bridgehead atoms. The summed E-state index contributed by atoms with van der Waals surface area (Å²) in [6.45, 7) is 0.511. The quantitative estimate of drug-likeness (QED) is 0.508. The molecule has 1 saturated carbocycles. The van der Waals surface area contributed by atoms with Crippen molar-refractivity contribution >= 4 is 27.6 Å². The molecule has 1 aliphatic carbocycles. The molecule has 0 aliphatic heterocycles. The molecule has 3 aromatic rings. The van der Waals surface area contributed by atoms with E-state index in [2.05, 4.69) is 4.98 Å². The molecule has 1 aliphatic rings. The van der Waals surface area contributed by atoms with Gasteiger partial charge < -0.3 is 9.84 Å². The summed E-state index contributed by atoms with van der Waals surface area (Å²) in [4.78, 5) is 17.2. The van der Waals surface area contributed by atoms with Gasteiger partial charge in [0.25, 0.3) is 0 Å². The first-order chi connectivity index (χ1) is 14.9. The highest BCUT2D eigenvalue weighted by Crippen LogP contribution is 2.33. The molecule has 0 saturated heterocycles. The van der Waals surface area contributed by atoms with E-state index in [4.69, 9.17) is 9.84 Å². The summed E-state index contributed by atoms with van der Waals surface area (Å²) < 4.78 is 32.2. The van der Waals surface area contributed by atoms with Crippen molar-refractivity contribution in [3.8, 4) is 5.75 Å². The Morgan fingerprint density at radius 2 is 1.68 bits per heavy atom. The lowest BCUT2D eigenvalue weighted by atomic mass is 10.1. The minimum absolute atomic E-state index is 0.0339. The van der Waals surface area contributed by atoms with Gasteiger partial charge >= 0.3 is 5.97 Å². The molecule has 6 nitrogen and oxygen atoms in total. The number of benzene rings is 2. The first kappa shape index (κ1) is 21.4. The van der Waals surface area contributed by atoms with Gasteiger partial charge in [0.05, 0.1) is 22.8 Å². The van der Waals surface area contributed by atoms with Crippen LogP contribution in [0.25, 0.3) is 0 Å². The molecule has 1 fully saturated rings. The average Bonchev–Trinajstić information content (AvgIpc) is 3.57. The van der Waals surface area contributed by atoms with Crippen LogP contribution < -0.4 is 4.74 Å². The van der Waals surface area contributed by atoms with Crippen LogP contribution in [0.5, 0.6) is 5.75 Å². The van der Waals surface area contributed by atoms with Crippen LogP contribution in [0.15, 0.2) is 86.6 Å². The zero-order chi connectivity index (χ0) is 21.8. The molecule has 160 valence electrons. The Hall–Kier alpha value is -2.84. The van der Waals surface area contributed by atoms with Gasteiger partial charge in [-0.1, -0.05) is 11.8 Å². The van der Waals surface area contributed by atoms with Gasteiger partial charge in [0, 0.05) is 22.2 Å². The third kappa shape index (κ3) is 5.65. The molecule has 1 aromatic heterocycles. The number of carboxylic acid groups (broad SMARTS) is 1. The fourth-order valence-corrected chi connectivity index (χ4v) is 5.16. The Morgan fingerprint density at radius 1 is 1.00 bits per heavy atom. The predicted octanol–water partition coefficient (Wildman–Crippen LogP) is 4.48. The van der Waals surface area contributed by atoms with E-state index in [1.807, 2.05) is 12.1 Å². The van der Waals surface area contributed by atoms with Crippen molar-refractivity contribution in [2.24, 2.45) is 5.92 Å². The van der Waals surface area contributed by atoms with Crippen molar-refractivity contribution in [1.29, 1.82) is 0 Å². The van der Waals surface area contributed by atoms with Gasteiger partial charge in [0.15, 0.2) is 0 Å². The van der Waals surface area contributed by atoms with E-state index < -0.39 is 15.8 Å². The van der Waals surface area contributed by atoms with E-state index in [1.54, 1.807) is 42.7 Å². The second-order valence-electron chi connectivity index (χ2n) is 7.40. The van der Waals surface area contributed by atoms with Crippen LogP contribution in [0.2, 0.25) is 0 Å². The standard InChI is InChI=1S/C23H21NO5S2/c25-23(26)13-17-11-18(29-15-16-1-2-16)14-22(12-17)31(27,28)21-5-3-19(4-6-21)30-20-7-9-24-10-8-20/h3-12,14,16H,1-2,13,15H2,(H,25,26).